The predicted octanol–water partition coefficient (Wildman–Crippen LogP) is 4.55. The largest absolute Gasteiger partial charge is 0.497 e. The van der Waals surface area contributed by atoms with Crippen LogP contribution in [0.4, 0.5) is 5.69 Å². The Bertz CT molecular complexity index is 861. The molecule has 3 aromatic rings. The van der Waals surface area contributed by atoms with Crippen LogP contribution in [0.2, 0.25) is 0 Å². The summed E-state index contributed by atoms with van der Waals surface area (Å²) in [4.78, 5) is 0. The molecule has 0 aliphatic carbocycles. The van der Waals surface area contributed by atoms with E-state index in [9.17, 15) is 0 Å². The Hall–Kier alpha value is -2.47. The van der Waals surface area contributed by atoms with Crippen LogP contribution in [0, 0.1) is 0 Å². The summed E-state index contributed by atoms with van der Waals surface area (Å²) in [5.41, 5.74) is 9.00. The number of ether oxygens (including phenoxy) is 1. The molecule has 2 N–H and O–H groups in total. The second kappa shape index (κ2) is 9.46. The monoisotopic (exact) mass is 382 g/mol. The van der Waals surface area contributed by atoms with Crippen molar-refractivity contribution in [3.63, 3.8) is 0 Å². The molecule has 0 bridgehead atoms. The molecule has 6 heteroatoms. The molecule has 3 rings (SSSR count). The summed E-state index contributed by atoms with van der Waals surface area (Å²) < 4.78 is 7.54. The van der Waals surface area contributed by atoms with E-state index in [0.717, 1.165) is 54.0 Å². The molecule has 0 amide bonds. The highest BCUT2D eigenvalue weighted by Crippen LogP contribution is 2.25. The number of methoxy groups -OCH3 is 1. The molecule has 0 radical (unpaired) electrons. The van der Waals surface area contributed by atoms with Crippen LogP contribution in [0.3, 0.4) is 0 Å². The molecule has 1 aromatic heterocycles. The molecular formula is C21H26N4OS. The van der Waals surface area contributed by atoms with Gasteiger partial charge in [0.1, 0.15) is 11.6 Å². The van der Waals surface area contributed by atoms with Crippen molar-refractivity contribution < 1.29 is 4.74 Å². The third kappa shape index (κ3) is 5.26. The molecule has 0 fully saturated rings. The Balaban J connectivity index is 1.78. The summed E-state index contributed by atoms with van der Waals surface area (Å²) in [5.74, 6) is 2.74. The minimum Gasteiger partial charge on any atom is -0.497 e. The summed E-state index contributed by atoms with van der Waals surface area (Å²) >= 11 is 1.71. The van der Waals surface area contributed by atoms with Crippen molar-refractivity contribution in [2.24, 2.45) is 0 Å². The van der Waals surface area contributed by atoms with Crippen LogP contribution in [0.25, 0.3) is 0 Å². The first kappa shape index (κ1) is 19.3. The molecule has 0 atom stereocenters. The van der Waals surface area contributed by atoms with Gasteiger partial charge in [0, 0.05) is 17.9 Å². The van der Waals surface area contributed by atoms with Crippen molar-refractivity contribution in [1.82, 2.24) is 14.8 Å². The first-order chi connectivity index (χ1) is 13.2. The smallest absolute Gasteiger partial charge is 0.191 e. The molecule has 0 spiro atoms. The van der Waals surface area contributed by atoms with Gasteiger partial charge in [0.15, 0.2) is 5.16 Å². The van der Waals surface area contributed by atoms with E-state index >= 15 is 0 Å². The number of aromatic nitrogens is 3. The second-order valence-electron chi connectivity index (χ2n) is 6.47. The van der Waals surface area contributed by atoms with Gasteiger partial charge in [-0.15, -0.1) is 10.2 Å². The van der Waals surface area contributed by atoms with E-state index in [1.165, 1.54) is 11.1 Å². The zero-order valence-corrected chi connectivity index (χ0v) is 16.7. The fourth-order valence-corrected chi connectivity index (χ4v) is 3.72. The van der Waals surface area contributed by atoms with Crippen LogP contribution in [0.15, 0.2) is 53.7 Å². The van der Waals surface area contributed by atoms with E-state index in [1.54, 1.807) is 18.9 Å². The number of benzene rings is 2. The number of nitrogen functional groups attached to an aromatic ring is 1. The highest BCUT2D eigenvalue weighted by Gasteiger charge is 2.13. The molecule has 27 heavy (non-hydrogen) atoms. The van der Waals surface area contributed by atoms with E-state index < -0.39 is 0 Å². The van der Waals surface area contributed by atoms with Gasteiger partial charge in [0.2, 0.25) is 0 Å². The van der Waals surface area contributed by atoms with E-state index in [0.29, 0.717) is 0 Å². The van der Waals surface area contributed by atoms with E-state index in [4.69, 9.17) is 10.5 Å². The third-order valence-corrected chi connectivity index (χ3v) is 5.41. The van der Waals surface area contributed by atoms with Crippen molar-refractivity contribution in [1.29, 1.82) is 0 Å². The van der Waals surface area contributed by atoms with Gasteiger partial charge < -0.3 is 15.0 Å². The lowest BCUT2D eigenvalue weighted by Gasteiger charge is -2.11. The molecule has 0 aliphatic heterocycles. The number of rotatable bonds is 9. The molecule has 142 valence electrons. The summed E-state index contributed by atoms with van der Waals surface area (Å²) in [5, 5.41) is 9.86. The van der Waals surface area contributed by atoms with Crippen LogP contribution in [-0.2, 0) is 18.7 Å². The number of hydrogen-bond donors (Lipinski definition) is 1. The SMILES string of the molecule is CCCCc1nnc(SCc2cccc(OC)c2)n1Cc1ccc(N)cc1. The van der Waals surface area contributed by atoms with Gasteiger partial charge in [-0.05, 0) is 41.8 Å². The summed E-state index contributed by atoms with van der Waals surface area (Å²) in [6.45, 7) is 2.95. The number of thioether (sulfide) groups is 1. The maximum absolute atomic E-state index is 5.82. The standard InChI is InChI=1S/C21H26N4OS/c1-3-4-8-20-23-24-21(25(20)14-16-9-11-18(22)12-10-16)27-15-17-6-5-7-19(13-17)26-2/h5-7,9-13H,3-4,8,14-15,22H2,1-2H3. The van der Waals surface area contributed by atoms with Gasteiger partial charge in [-0.2, -0.15) is 0 Å². The average molecular weight is 383 g/mol. The predicted molar refractivity (Wildman–Crippen MR) is 111 cm³/mol. The summed E-state index contributed by atoms with van der Waals surface area (Å²) in [6, 6.07) is 16.1. The van der Waals surface area contributed by atoms with Crippen molar-refractivity contribution in [2.75, 3.05) is 12.8 Å². The topological polar surface area (TPSA) is 66.0 Å². The quantitative estimate of drug-likeness (QED) is 0.434. The minimum absolute atomic E-state index is 0.757. The highest BCUT2D eigenvalue weighted by atomic mass is 32.2. The zero-order chi connectivity index (χ0) is 19.1. The fraction of sp³-hybridized carbons (Fsp3) is 0.333. The first-order valence-electron chi connectivity index (χ1n) is 9.22. The molecular weight excluding hydrogens is 356 g/mol. The van der Waals surface area contributed by atoms with E-state index in [1.807, 2.05) is 24.3 Å². The molecule has 0 aliphatic rings. The van der Waals surface area contributed by atoms with Gasteiger partial charge in [0.05, 0.1) is 13.7 Å². The Labute approximate surface area is 165 Å². The maximum atomic E-state index is 5.82. The number of aryl methyl sites for hydroxylation is 1. The molecule has 2 aromatic carbocycles. The Morgan fingerprint density at radius 1 is 1.07 bits per heavy atom. The average Bonchev–Trinajstić information content (AvgIpc) is 3.08. The van der Waals surface area contributed by atoms with Gasteiger partial charge in [0.25, 0.3) is 0 Å². The van der Waals surface area contributed by atoms with Gasteiger partial charge >= 0.3 is 0 Å². The first-order valence-corrected chi connectivity index (χ1v) is 10.2. The minimum atomic E-state index is 0.757. The Kier molecular flexibility index (Phi) is 6.76. The lowest BCUT2D eigenvalue weighted by Crippen LogP contribution is -2.07. The van der Waals surface area contributed by atoms with E-state index in [2.05, 4.69) is 46.0 Å². The van der Waals surface area contributed by atoms with Crippen LogP contribution in [0.1, 0.15) is 36.7 Å². The van der Waals surface area contributed by atoms with Crippen molar-refractivity contribution >= 4 is 17.4 Å². The van der Waals surface area contributed by atoms with Gasteiger partial charge in [-0.3, -0.25) is 0 Å². The molecule has 0 saturated carbocycles. The van der Waals surface area contributed by atoms with Crippen molar-refractivity contribution in [3.05, 3.63) is 65.5 Å². The number of nitrogens with two attached hydrogens (primary N) is 1. The second-order valence-corrected chi connectivity index (χ2v) is 7.41. The Morgan fingerprint density at radius 3 is 2.63 bits per heavy atom. The van der Waals surface area contributed by atoms with Crippen LogP contribution >= 0.6 is 11.8 Å². The summed E-state index contributed by atoms with van der Waals surface area (Å²) in [6.07, 6.45) is 3.19. The molecule has 5 nitrogen and oxygen atoms in total. The number of hydrogen-bond acceptors (Lipinski definition) is 5. The fourth-order valence-electron chi connectivity index (χ4n) is 2.82. The van der Waals surface area contributed by atoms with Crippen LogP contribution in [0.5, 0.6) is 5.75 Å². The molecule has 1 heterocycles. The number of unbranched alkanes of at least 4 members (excludes halogenated alkanes) is 1. The zero-order valence-electron chi connectivity index (χ0n) is 15.9. The van der Waals surface area contributed by atoms with Crippen molar-refractivity contribution in [3.8, 4) is 5.75 Å². The number of nitrogens with zero attached hydrogens (tertiary/aromatic N) is 3. The summed E-state index contributed by atoms with van der Waals surface area (Å²) in [7, 11) is 1.69. The Morgan fingerprint density at radius 2 is 1.89 bits per heavy atom. The van der Waals surface area contributed by atoms with Gasteiger partial charge in [-0.25, -0.2) is 0 Å². The highest BCUT2D eigenvalue weighted by molar-refractivity contribution is 7.98. The molecule has 0 saturated heterocycles. The number of anilines is 1. The normalized spacial score (nSPS) is 10.9. The van der Waals surface area contributed by atoms with Crippen LogP contribution < -0.4 is 10.5 Å². The van der Waals surface area contributed by atoms with Gasteiger partial charge in [-0.1, -0.05) is 49.4 Å². The van der Waals surface area contributed by atoms with Crippen molar-refractivity contribution in [2.45, 2.75) is 43.6 Å². The van der Waals surface area contributed by atoms with E-state index in [-0.39, 0.29) is 0 Å². The third-order valence-electron chi connectivity index (χ3n) is 4.37. The lowest BCUT2D eigenvalue weighted by molar-refractivity contribution is 0.414. The lowest BCUT2D eigenvalue weighted by atomic mass is 10.2. The maximum Gasteiger partial charge on any atom is 0.191 e. The van der Waals surface area contributed by atoms with Crippen LogP contribution in [-0.4, -0.2) is 21.9 Å². The molecule has 0 unspecified atom stereocenters.